The third-order valence-corrected chi connectivity index (χ3v) is 10.1. The van der Waals surface area contributed by atoms with E-state index in [-0.39, 0.29) is 29.4 Å². The molecular weight excluding hydrogens is 473 g/mol. The Bertz CT molecular complexity index is 1060. The van der Waals surface area contributed by atoms with Crippen LogP contribution in [0.1, 0.15) is 115 Å². The molecule has 2 aromatic rings. The molecule has 0 bridgehead atoms. The summed E-state index contributed by atoms with van der Waals surface area (Å²) < 4.78 is 15.7. The van der Waals surface area contributed by atoms with Gasteiger partial charge in [0, 0.05) is 35.0 Å². The Morgan fingerprint density at radius 3 is 2.29 bits per heavy atom. The van der Waals surface area contributed by atoms with Gasteiger partial charge in [0.25, 0.3) is 0 Å². The summed E-state index contributed by atoms with van der Waals surface area (Å²) in [4.78, 5) is 16.9. The number of likely N-dealkylation sites (tertiary alicyclic amines) is 1. The summed E-state index contributed by atoms with van der Waals surface area (Å²) in [5.74, 6) is 0.742. The van der Waals surface area contributed by atoms with Crippen molar-refractivity contribution < 1.29 is 14.3 Å². The Balaban J connectivity index is 1.73. The molecule has 3 nitrogen and oxygen atoms in total. The van der Waals surface area contributed by atoms with Crippen molar-refractivity contribution in [2.24, 2.45) is 11.8 Å². The van der Waals surface area contributed by atoms with Crippen LogP contribution in [-0.4, -0.2) is 28.5 Å². The first-order chi connectivity index (χ1) is 18.4. The van der Waals surface area contributed by atoms with Crippen molar-refractivity contribution in [2.45, 2.75) is 116 Å². The van der Waals surface area contributed by atoms with Gasteiger partial charge in [0.15, 0.2) is 0 Å². The number of hydrogen-bond donors (Lipinski definition) is 1. The van der Waals surface area contributed by atoms with Gasteiger partial charge < -0.3 is 10.0 Å². The van der Waals surface area contributed by atoms with Gasteiger partial charge in [-0.15, -0.1) is 0 Å². The zero-order chi connectivity index (χ0) is 27.3. The lowest BCUT2D eigenvalue weighted by molar-refractivity contribution is -0.144. The van der Waals surface area contributed by atoms with Gasteiger partial charge in [0.1, 0.15) is 11.6 Å². The van der Waals surface area contributed by atoms with Crippen molar-refractivity contribution >= 4 is 5.91 Å². The molecule has 3 atom stereocenters. The van der Waals surface area contributed by atoms with Crippen molar-refractivity contribution in [3.8, 4) is 5.75 Å². The van der Waals surface area contributed by atoms with Gasteiger partial charge in [-0.2, -0.15) is 0 Å². The smallest absolute Gasteiger partial charge is 0.226 e. The summed E-state index contributed by atoms with van der Waals surface area (Å²) in [6.45, 7) is 8.99. The number of amides is 1. The van der Waals surface area contributed by atoms with Crippen LogP contribution < -0.4 is 0 Å². The molecule has 1 N–H and O–H groups in total. The highest BCUT2D eigenvalue weighted by Crippen LogP contribution is 2.48. The topological polar surface area (TPSA) is 40.5 Å². The Morgan fingerprint density at radius 1 is 1.00 bits per heavy atom. The number of phenols is 1. The molecule has 1 saturated carbocycles. The molecule has 0 spiro atoms. The fourth-order valence-corrected chi connectivity index (χ4v) is 8.04. The Morgan fingerprint density at radius 2 is 1.68 bits per heavy atom. The van der Waals surface area contributed by atoms with Crippen molar-refractivity contribution in [1.82, 2.24) is 4.90 Å². The molecule has 4 heteroatoms. The monoisotopic (exact) mass is 521 g/mol. The van der Waals surface area contributed by atoms with E-state index in [4.69, 9.17) is 0 Å². The number of rotatable bonds is 9. The Labute approximate surface area is 229 Å². The van der Waals surface area contributed by atoms with Crippen LogP contribution in [0.2, 0.25) is 0 Å². The zero-order valence-electron chi connectivity index (χ0n) is 24.0. The summed E-state index contributed by atoms with van der Waals surface area (Å²) in [5, 5.41) is 10.7. The van der Waals surface area contributed by atoms with Gasteiger partial charge in [0.05, 0.1) is 0 Å². The van der Waals surface area contributed by atoms with Crippen molar-refractivity contribution in [1.29, 1.82) is 0 Å². The molecular formula is C34H48FNO2. The standard InChI is InChI=1S/C34H48FNO2/c1-5-27-31(37)20-19-29(35)32(27)34(7-3,8-4)28(6-2)33(38)36-22-21-26(24-15-11-9-12-16-24)23-30(36)25-17-13-10-14-18-25/h9,11-12,15-16,19-20,25-26,28,30,37H,5-8,10,13-14,17-18,21-23H2,1-4H3/t26-,28+,30+/m1/s1. The Kier molecular flexibility index (Phi) is 9.54. The second-order valence-corrected chi connectivity index (χ2v) is 11.7. The molecule has 2 aromatic carbocycles. The largest absolute Gasteiger partial charge is 0.508 e. The highest BCUT2D eigenvalue weighted by Gasteiger charge is 2.48. The molecule has 1 aliphatic carbocycles. The van der Waals surface area contributed by atoms with Crippen molar-refractivity contribution in [2.75, 3.05) is 6.54 Å². The number of carbonyl (C=O) groups excluding carboxylic acids is 1. The molecule has 0 aromatic heterocycles. The zero-order valence-corrected chi connectivity index (χ0v) is 24.0. The predicted molar refractivity (Wildman–Crippen MR) is 154 cm³/mol. The van der Waals surface area contributed by atoms with Crippen LogP contribution in [-0.2, 0) is 16.6 Å². The number of aromatic hydroxyl groups is 1. The van der Waals surface area contributed by atoms with Gasteiger partial charge in [-0.1, -0.05) is 77.3 Å². The molecule has 0 radical (unpaired) electrons. The maximum atomic E-state index is 15.7. The van der Waals surface area contributed by atoms with Gasteiger partial charge in [0.2, 0.25) is 5.91 Å². The number of nitrogens with zero attached hydrogens (tertiary/aromatic N) is 1. The van der Waals surface area contributed by atoms with Crippen molar-refractivity contribution in [3.63, 3.8) is 0 Å². The van der Waals surface area contributed by atoms with Crippen LogP contribution in [0.15, 0.2) is 42.5 Å². The van der Waals surface area contributed by atoms with E-state index in [0.29, 0.717) is 48.6 Å². The van der Waals surface area contributed by atoms with Crippen LogP contribution in [0.3, 0.4) is 0 Å². The number of hydrogen-bond acceptors (Lipinski definition) is 2. The molecule has 2 fully saturated rings. The normalized spacial score (nSPS) is 21.9. The Hall–Kier alpha value is -2.36. The fourth-order valence-electron chi connectivity index (χ4n) is 8.04. The first kappa shape index (κ1) is 28.6. The highest BCUT2D eigenvalue weighted by molar-refractivity contribution is 5.81. The summed E-state index contributed by atoms with van der Waals surface area (Å²) in [5.41, 5.74) is 1.97. The minimum Gasteiger partial charge on any atom is -0.508 e. The quantitative estimate of drug-likeness (QED) is 0.359. The van der Waals surface area contributed by atoms with Crippen LogP contribution >= 0.6 is 0 Å². The average Bonchev–Trinajstić information content (AvgIpc) is 2.97. The molecule has 208 valence electrons. The molecule has 38 heavy (non-hydrogen) atoms. The molecule has 1 saturated heterocycles. The van der Waals surface area contributed by atoms with Crippen LogP contribution in [0.25, 0.3) is 0 Å². The second-order valence-electron chi connectivity index (χ2n) is 11.7. The van der Waals surface area contributed by atoms with E-state index in [9.17, 15) is 9.90 Å². The van der Waals surface area contributed by atoms with E-state index < -0.39 is 5.41 Å². The van der Waals surface area contributed by atoms with Crippen LogP contribution in [0, 0.1) is 17.7 Å². The van der Waals surface area contributed by atoms with E-state index in [0.717, 1.165) is 19.4 Å². The van der Waals surface area contributed by atoms with Crippen molar-refractivity contribution in [3.05, 3.63) is 65.0 Å². The van der Waals surface area contributed by atoms with Crippen LogP contribution in [0.4, 0.5) is 4.39 Å². The lowest BCUT2D eigenvalue weighted by Gasteiger charge is -2.49. The number of carbonyl (C=O) groups is 1. The fraction of sp³-hybridized carbons (Fsp3) is 0.618. The maximum Gasteiger partial charge on any atom is 0.226 e. The summed E-state index contributed by atoms with van der Waals surface area (Å²) in [6, 6.07) is 13.9. The summed E-state index contributed by atoms with van der Waals surface area (Å²) in [7, 11) is 0. The minimum atomic E-state index is -0.645. The number of piperidine rings is 1. The maximum absolute atomic E-state index is 15.7. The van der Waals surface area contributed by atoms with Gasteiger partial charge in [-0.05, 0) is 80.9 Å². The number of halogens is 1. The summed E-state index contributed by atoms with van der Waals surface area (Å²) in [6.07, 6.45) is 10.7. The molecule has 4 rings (SSSR count). The van der Waals surface area contributed by atoms with Gasteiger partial charge >= 0.3 is 0 Å². The van der Waals surface area contributed by atoms with E-state index in [2.05, 4.69) is 56.0 Å². The SMILES string of the molecule is CCc1c(O)ccc(F)c1C(CC)(CC)[C@@H](CC)C(=O)N1CC[C@@H](c2ccccc2)C[C@H]1C1CCCCC1. The lowest BCUT2D eigenvalue weighted by Crippen LogP contribution is -2.55. The minimum absolute atomic E-state index is 0.140. The van der Waals surface area contributed by atoms with Crippen LogP contribution in [0.5, 0.6) is 5.75 Å². The second kappa shape index (κ2) is 12.7. The average molecular weight is 522 g/mol. The number of phenolic OH excluding ortho intramolecular Hbond substituents is 1. The van der Waals surface area contributed by atoms with Gasteiger partial charge in [-0.3, -0.25) is 4.79 Å². The molecule has 1 aliphatic heterocycles. The lowest BCUT2D eigenvalue weighted by atomic mass is 9.63. The van der Waals surface area contributed by atoms with E-state index >= 15 is 4.39 Å². The predicted octanol–water partition coefficient (Wildman–Crippen LogP) is 8.53. The highest BCUT2D eigenvalue weighted by atomic mass is 19.1. The first-order valence-electron chi connectivity index (χ1n) is 15.3. The van der Waals surface area contributed by atoms with E-state index in [1.165, 1.54) is 49.8 Å². The van der Waals surface area contributed by atoms with E-state index in [1.54, 1.807) is 0 Å². The molecule has 2 aliphatic rings. The number of benzene rings is 2. The molecule has 1 heterocycles. The molecule has 0 unspecified atom stereocenters. The molecule has 1 amide bonds. The van der Waals surface area contributed by atoms with E-state index in [1.807, 2.05) is 6.92 Å². The third kappa shape index (κ3) is 5.38. The third-order valence-electron chi connectivity index (χ3n) is 10.1. The summed E-state index contributed by atoms with van der Waals surface area (Å²) >= 11 is 0. The first-order valence-corrected chi connectivity index (χ1v) is 15.3. The van der Waals surface area contributed by atoms with Gasteiger partial charge in [-0.25, -0.2) is 4.39 Å².